The zero-order valence-corrected chi connectivity index (χ0v) is 11.8. The van der Waals surface area contributed by atoms with E-state index >= 15 is 0 Å². The first-order chi connectivity index (χ1) is 8.63. The van der Waals surface area contributed by atoms with E-state index in [-0.39, 0.29) is 11.9 Å². The van der Waals surface area contributed by atoms with Crippen LogP contribution in [0.3, 0.4) is 0 Å². The van der Waals surface area contributed by atoms with E-state index in [1.807, 2.05) is 24.5 Å². The Morgan fingerprint density at radius 1 is 1.50 bits per heavy atom. The summed E-state index contributed by atoms with van der Waals surface area (Å²) in [6.45, 7) is 0. The second-order valence-corrected chi connectivity index (χ2v) is 5.43. The van der Waals surface area contributed by atoms with E-state index in [4.69, 9.17) is 16.3 Å². The summed E-state index contributed by atoms with van der Waals surface area (Å²) in [5.41, 5.74) is 1.90. The van der Waals surface area contributed by atoms with Gasteiger partial charge in [-0.15, -0.1) is 11.8 Å². The minimum absolute atomic E-state index is 0.180. The molecule has 0 N–H and O–H groups in total. The topological polar surface area (TPSA) is 38.7 Å². The van der Waals surface area contributed by atoms with E-state index in [2.05, 4.69) is 4.99 Å². The summed E-state index contributed by atoms with van der Waals surface area (Å²) in [6.07, 6.45) is 3.21. The number of thioether (sulfide) groups is 1. The first kappa shape index (κ1) is 13.4. The molecule has 3 nitrogen and oxygen atoms in total. The Balaban J connectivity index is 2.41. The Hall–Kier alpha value is -1.00. The molecule has 1 aromatic carbocycles. The number of carbonyl (C=O) groups is 1. The maximum Gasteiger partial charge on any atom is 0.309 e. The van der Waals surface area contributed by atoms with Crippen molar-refractivity contribution >= 4 is 40.1 Å². The van der Waals surface area contributed by atoms with Crippen LogP contribution in [-0.2, 0) is 16.0 Å². The van der Waals surface area contributed by atoms with Crippen LogP contribution in [0.5, 0.6) is 0 Å². The fourth-order valence-electron chi connectivity index (χ4n) is 2.02. The average Bonchev–Trinajstić information content (AvgIpc) is 2.56. The number of hydrogen-bond acceptors (Lipinski definition) is 4. The van der Waals surface area contributed by atoms with Crippen LogP contribution in [0, 0.1) is 5.92 Å². The lowest BCUT2D eigenvalue weighted by molar-refractivity contribution is -0.145. The molecule has 0 spiro atoms. The SMILES string of the molecule is COC(=O)C1CC(SC)=Nc2ccc(Cl)cc2C1. The highest BCUT2D eigenvalue weighted by molar-refractivity contribution is 8.13. The van der Waals surface area contributed by atoms with E-state index in [0.717, 1.165) is 16.3 Å². The average molecular weight is 284 g/mol. The van der Waals surface area contributed by atoms with E-state index in [1.54, 1.807) is 11.8 Å². The van der Waals surface area contributed by atoms with Gasteiger partial charge in [0.15, 0.2) is 0 Å². The van der Waals surface area contributed by atoms with Gasteiger partial charge in [-0.1, -0.05) is 11.6 Å². The van der Waals surface area contributed by atoms with E-state index < -0.39 is 0 Å². The van der Waals surface area contributed by atoms with Gasteiger partial charge in [-0.3, -0.25) is 4.79 Å². The van der Waals surface area contributed by atoms with Crippen molar-refractivity contribution in [3.05, 3.63) is 28.8 Å². The second-order valence-electron chi connectivity index (χ2n) is 4.11. The number of aliphatic imine (C=N–C) groups is 1. The zero-order chi connectivity index (χ0) is 13.1. The highest BCUT2D eigenvalue weighted by Gasteiger charge is 2.25. The van der Waals surface area contributed by atoms with Crippen LogP contribution in [0.15, 0.2) is 23.2 Å². The van der Waals surface area contributed by atoms with Crippen molar-refractivity contribution in [2.75, 3.05) is 13.4 Å². The van der Waals surface area contributed by atoms with Crippen molar-refractivity contribution in [2.45, 2.75) is 12.8 Å². The van der Waals surface area contributed by atoms with Gasteiger partial charge in [0.05, 0.1) is 23.8 Å². The van der Waals surface area contributed by atoms with Gasteiger partial charge in [0.25, 0.3) is 0 Å². The second kappa shape index (κ2) is 5.76. The monoisotopic (exact) mass is 283 g/mol. The van der Waals surface area contributed by atoms with Crippen LogP contribution in [0.1, 0.15) is 12.0 Å². The molecule has 0 aliphatic carbocycles. The summed E-state index contributed by atoms with van der Waals surface area (Å²) in [7, 11) is 1.42. The molecule has 1 unspecified atom stereocenters. The molecule has 0 saturated heterocycles. The van der Waals surface area contributed by atoms with Gasteiger partial charge < -0.3 is 4.74 Å². The quantitative estimate of drug-likeness (QED) is 0.741. The molecule has 0 amide bonds. The summed E-state index contributed by atoms with van der Waals surface area (Å²) in [5, 5.41) is 1.62. The number of benzene rings is 1. The lowest BCUT2D eigenvalue weighted by Crippen LogP contribution is -2.20. The molecular weight excluding hydrogens is 270 g/mol. The number of methoxy groups -OCH3 is 1. The molecule has 0 fully saturated rings. The molecule has 1 aliphatic rings. The fraction of sp³-hybridized carbons (Fsp3) is 0.385. The van der Waals surface area contributed by atoms with Crippen molar-refractivity contribution in [3.8, 4) is 0 Å². The van der Waals surface area contributed by atoms with E-state index in [9.17, 15) is 4.79 Å². The van der Waals surface area contributed by atoms with Gasteiger partial charge in [-0.25, -0.2) is 4.99 Å². The maximum atomic E-state index is 11.8. The molecule has 0 aromatic heterocycles. The van der Waals surface area contributed by atoms with Crippen molar-refractivity contribution in [3.63, 3.8) is 0 Å². The number of nitrogens with zero attached hydrogens (tertiary/aromatic N) is 1. The minimum atomic E-state index is -0.190. The number of rotatable bonds is 1. The van der Waals surface area contributed by atoms with Crippen LogP contribution in [-0.4, -0.2) is 24.4 Å². The van der Waals surface area contributed by atoms with Gasteiger partial charge in [0.2, 0.25) is 0 Å². The van der Waals surface area contributed by atoms with Gasteiger partial charge in [0.1, 0.15) is 0 Å². The number of ether oxygens (including phenoxy) is 1. The fourth-order valence-corrected chi connectivity index (χ4v) is 2.77. The molecule has 1 aromatic rings. The van der Waals surface area contributed by atoms with Crippen molar-refractivity contribution in [1.82, 2.24) is 0 Å². The van der Waals surface area contributed by atoms with Crippen molar-refractivity contribution in [1.29, 1.82) is 0 Å². The largest absolute Gasteiger partial charge is 0.469 e. The van der Waals surface area contributed by atoms with Gasteiger partial charge in [-0.05, 0) is 36.4 Å². The van der Waals surface area contributed by atoms with E-state index in [1.165, 1.54) is 7.11 Å². The molecule has 0 saturated carbocycles. The molecule has 0 bridgehead atoms. The lowest BCUT2D eigenvalue weighted by atomic mass is 9.97. The summed E-state index contributed by atoms with van der Waals surface area (Å²) in [4.78, 5) is 16.3. The molecule has 5 heteroatoms. The summed E-state index contributed by atoms with van der Waals surface area (Å²) >= 11 is 7.56. The normalized spacial score (nSPS) is 18.6. The Bertz CT molecular complexity index is 502. The van der Waals surface area contributed by atoms with Crippen LogP contribution in [0.25, 0.3) is 0 Å². The van der Waals surface area contributed by atoms with Crippen LogP contribution >= 0.6 is 23.4 Å². The molecule has 96 valence electrons. The minimum Gasteiger partial charge on any atom is -0.469 e. The highest BCUT2D eigenvalue weighted by Crippen LogP contribution is 2.32. The van der Waals surface area contributed by atoms with Gasteiger partial charge in [0, 0.05) is 11.4 Å². The van der Waals surface area contributed by atoms with Gasteiger partial charge >= 0.3 is 5.97 Å². The number of esters is 1. The zero-order valence-electron chi connectivity index (χ0n) is 10.3. The molecule has 18 heavy (non-hydrogen) atoms. The number of hydrogen-bond donors (Lipinski definition) is 0. The molecule has 1 heterocycles. The molecule has 1 aliphatic heterocycles. The standard InChI is InChI=1S/C13H14ClNO2S/c1-17-13(16)9-5-8-6-10(14)3-4-11(8)15-12(7-9)18-2/h3-4,6,9H,5,7H2,1-2H3. The maximum absolute atomic E-state index is 11.8. The Morgan fingerprint density at radius 2 is 2.28 bits per heavy atom. The van der Waals surface area contributed by atoms with Crippen molar-refractivity contribution < 1.29 is 9.53 Å². The smallest absolute Gasteiger partial charge is 0.309 e. The third-order valence-electron chi connectivity index (χ3n) is 2.94. The summed E-state index contributed by atoms with van der Waals surface area (Å²) in [6, 6.07) is 5.59. The number of halogens is 1. The number of fused-ring (bicyclic) bond motifs is 1. The Labute approximate surface area is 116 Å². The third-order valence-corrected chi connectivity index (χ3v) is 3.91. The first-order valence-electron chi connectivity index (χ1n) is 5.62. The molecule has 1 atom stereocenters. The van der Waals surface area contributed by atoms with Gasteiger partial charge in [-0.2, -0.15) is 0 Å². The molecule has 0 radical (unpaired) electrons. The van der Waals surface area contributed by atoms with Crippen LogP contribution < -0.4 is 0 Å². The molecule has 2 rings (SSSR count). The van der Waals surface area contributed by atoms with Crippen molar-refractivity contribution in [2.24, 2.45) is 10.9 Å². The van der Waals surface area contributed by atoms with Crippen LogP contribution in [0.2, 0.25) is 5.02 Å². The Morgan fingerprint density at radius 3 is 2.94 bits per heavy atom. The predicted molar refractivity (Wildman–Crippen MR) is 75.9 cm³/mol. The number of carbonyl (C=O) groups excluding carboxylic acids is 1. The highest BCUT2D eigenvalue weighted by atomic mass is 35.5. The first-order valence-corrected chi connectivity index (χ1v) is 7.22. The van der Waals surface area contributed by atoms with Crippen LogP contribution in [0.4, 0.5) is 5.69 Å². The summed E-state index contributed by atoms with van der Waals surface area (Å²) in [5.74, 6) is -0.370. The third kappa shape index (κ3) is 2.87. The van der Waals surface area contributed by atoms with E-state index in [0.29, 0.717) is 17.9 Å². The Kier molecular flexibility index (Phi) is 4.30. The predicted octanol–water partition coefficient (Wildman–Crippen LogP) is 3.47. The molecular formula is C13H14ClNO2S. The lowest BCUT2D eigenvalue weighted by Gasteiger charge is -2.12. The summed E-state index contributed by atoms with van der Waals surface area (Å²) < 4.78 is 4.85.